The van der Waals surface area contributed by atoms with E-state index in [2.05, 4.69) is 11.4 Å². The maximum absolute atomic E-state index is 11.8. The van der Waals surface area contributed by atoms with Crippen LogP contribution in [0.2, 0.25) is 0 Å². The van der Waals surface area contributed by atoms with Crippen LogP contribution >= 0.6 is 11.3 Å². The van der Waals surface area contributed by atoms with Gasteiger partial charge in [-0.25, -0.2) is 0 Å². The summed E-state index contributed by atoms with van der Waals surface area (Å²) in [5.41, 5.74) is 0.987. The van der Waals surface area contributed by atoms with Gasteiger partial charge >= 0.3 is 0 Å². The molecule has 0 aliphatic heterocycles. The van der Waals surface area contributed by atoms with Gasteiger partial charge in [-0.2, -0.15) is 0 Å². The third-order valence-electron chi connectivity index (χ3n) is 2.52. The fourth-order valence-electron chi connectivity index (χ4n) is 1.63. The molecule has 0 aliphatic carbocycles. The molecule has 1 heterocycles. The van der Waals surface area contributed by atoms with Crippen molar-refractivity contribution in [3.05, 3.63) is 29.6 Å². The minimum Gasteiger partial charge on any atom is -0.313 e. The van der Waals surface area contributed by atoms with Gasteiger partial charge in [-0.05, 0) is 13.1 Å². The molecule has 0 unspecified atom stereocenters. The standard InChI is InChI=1S/C12H14N2OS/c1-13-7-12(15)14(2)10-8-16-11-6-4-3-5-9(10)11/h3-6,8,13H,7H2,1-2H3. The predicted octanol–water partition coefficient (Wildman–Crippen LogP) is 2.08. The molecule has 0 bridgehead atoms. The smallest absolute Gasteiger partial charge is 0.240 e. The lowest BCUT2D eigenvalue weighted by Crippen LogP contribution is -2.33. The average molecular weight is 234 g/mol. The molecule has 1 N–H and O–H groups in total. The van der Waals surface area contributed by atoms with Crippen molar-refractivity contribution in [2.24, 2.45) is 0 Å². The van der Waals surface area contributed by atoms with Gasteiger partial charge in [0, 0.05) is 22.5 Å². The van der Waals surface area contributed by atoms with Crippen LogP contribution in [0, 0.1) is 0 Å². The maximum atomic E-state index is 11.8. The zero-order chi connectivity index (χ0) is 11.5. The monoisotopic (exact) mass is 234 g/mol. The lowest BCUT2D eigenvalue weighted by Gasteiger charge is -2.16. The Morgan fingerprint density at radius 2 is 2.19 bits per heavy atom. The summed E-state index contributed by atoms with van der Waals surface area (Å²) >= 11 is 1.66. The van der Waals surface area contributed by atoms with E-state index in [0.29, 0.717) is 6.54 Å². The minimum absolute atomic E-state index is 0.0750. The summed E-state index contributed by atoms with van der Waals surface area (Å²) in [6, 6.07) is 8.12. The highest BCUT2D eigenvalue weighted by Crippen LogP contribution is 2.32. The van der Waals surface area contributed by atoms with Crippen molar-refractivity contribution >= 4 is 33.0 Å². The molecule has 0 aliphatic rings. The van der Waals surface area contributed by atoms with E-state index in [9.17, 15) is 4.79 Å². The van der Waals surface area contributed by atoms with Crippen molar-refractivity contribution in [2.45, 2.75) is 0 Å². The maximum Gasteiger partial charge on any atom is 0.240 e. The molecular formula is C12H14N2OS. The van der Waals surface area contributed by atoms with Crippen LogP contribution in [0.1, 0.15) is 0 Å². The minimum atomic E-state index is 0.0750. The molecular weight excluding hydrogens is 220 g/mol. The highest BCUT2D eigenvalue weighted by atomic mass is 32.1. The van der Waals surface area contributed by atoms with Crippen LogP contribution in [-0.2, 0) is 4.79 Å². The first-order valence-corrected chi connectivity index (χ1v) is 5.99. The third kappa shape index (κ3) is 1.94. The molecule has 16 heavy (non-hydrogen) atoms. The Balaban J connectivity index is 2.36. The lowest BCUT2D eigenvalue weighted by molar-refractivity contribution is -0.117. The summed E-state index contributed by atoms with van der Waals surface area (Å²) < 4.78 is 1.21. The van der Waals surface area contributed by atoms with E-state index in [1.807, 2.05) is 30.6 Å². The number of hydrogen-bond donors (Lipinski definition) is 1. The topological polar surface area (TPSA) is 32.3 Å². The average Bonchev–Trinajstić information content (AvgIpc) is 2.72. The van der Waals surface area contributed by atoms with Crippen LogP contribution in [0.5, 0.6) is 0 Å². The second kappa shape index (κ2) is 4.63. The lowest BCUT2D eigenvalue weighted by atomic mass is 10.2. The van der Waals surface area contributed by atoms with Crippen LogP contribution in [0.3, 0.4) is 0 Å². The van der Waals surface area contributed by atoms with E-state index in [0.717, 1.165) is 11.1 Å². The Bertz CT molecular complexity index is 506. The first-order valence-electron chi connectivity index (χ1n) is 5.11. The number of hydrogen-bond acceptors (Lipinski definition) is 3. The quantitative estimate of drug-likeness (QED) is 0.882. The SMILES string of the molecule is CNCC(=O)N(C)c1csc2ccccc12. The van der Waals surface area contributed by atoms with Crippen LogP contribution in [0.25, 0.3) is 10.1 Å². The van der Waals surface area contributed by atoms with E-state index >= 15 is 0 Å². The van der Waals surface area contributed by atoms with Crippen molar-refractivity contribution in [1.82, 2.24) is 5.32 Å². The van der Waals surface area contributed by atoms with Gasteiger partial charge in [0.15, 0.2) is 0 Å². The van der Waals surface area contributed by atoms with Crippen molar-refractivity contribution in [3.63, 3.8) is 0 Å². The van der Waals surface area contributed by atoms with Crippen LogP contribution in [0.15, 0.2) is 29.6 Å². The Labute approximate surface area is 98.7 Å². The highest BCUT2D eigenvalue weighted by Gasteiger charge is 2.13. The number of benzene rings is 1. The fraction of sp³-hybridized carbons (Fsp3) is 0.250. The number of carbonyl (C=O) groups is 1. The van der Waals surface area contributed by atoms with E-state index in [4.69, 9.17) is 0 Å². The normalized spacial score (nSPS) is 10.6. The van der Waals surface area contributed by atoms with E-state index in [-0.39, 0.29) is 5.91 Å². The van der Waals surface area contributed by atoms with Crippen molar-refractivity contribution < 1.29 is 4.79 Å². The molecule has 0 radical (unpaired) electrons. The van der Waals surface area contributed by atoms with Crippen LogP contribution in [-0.4, -0.2) is 26.5 Å². The van der Waals surface area contributed by atoms with Gasteiger partial charge in [0.2, 0.25) is 5.91 Å². The summed E-state index contributed by atoms with van der Waals surface area (Å²) in [5, 5.41) is 6.03. The number of amides is 1. The Morgan fingerprint density at radius 1 is 1.44 bits per heavy atom. The van der Waals surface area contributed by atoms with Gasteiger partial charge in [0.25, 0.3) is 0 Å². The summed E-state index contributed by atoms with van der Waals surface area (Å²) in [6.45, 7) is 0.362. The molecule has 0 fully saturated rings. The second-order valence-electron chi connectivity index (χ2n) is 3.60. The molecule has 1 aromatic carbocycles. The number of fused-ring (bicyclic) bond motifs is 1. The van der Waals surface area contributed by atoms with E-state index in [1.165, 1.54) is 4.70 Å². The van der Waals surface area contributed by atoms with Gasteiger partial charge in [-0.1, -0.05) is 18.2 Å². The van der Waals surface area contributed by atoms with Crippen LogP contribution in [0.4, 0.5) is 5.69 Å². The first-order chi connectivity index (χ1) is 7.74. The summed E-state index contributed by atoms with van der Waals surface area (Å²) in [4.78, 5) is 13.5. The molecule has 84 valence electrons. The van der Waals surface area contributed by atoms with Gasteiger partial charge in [-0.3, -0.25) is 4.79 Å². The summed E-state index contributed by atoms with van der Waals surface area (Å²) in [7, 11) is 3.59. The van der Waals surface area contributed by atoms with Crippen molar-refractivity contribution in [1.29, 1.82) is 0 Å². The largest absolute Gasteiger partial charge is 0.313 e. The Morgan fingerprint density at radius 3 is 2.94 bits per heavy atom. The Kier molecular flexibility index (Phi) is 3.22. The predicted molar refractivity (Wildman–Crippen MR) is 69.2 cm³/mol. The molecule has 1 amide bonds. The molecule has 0 saturated carbocycles. The molecule has 4 heteroatoms. The number of likely N-dealkylation sites (N-methyl/N-ethyl adjacent to an activating group) is 2. The van der Waals surface area contributed by atoms with Gasteiger partial charge in [0.05, 0.1) is 12.2 Å². The number of anilines is 1. The summed E-state index contributed by atoms with van der Waals surface area (Å²) in [5.74, 6) is 0.0750. The van der Waals surface area contributed by atoms with Crippen molar-refractivity contribution in [3.8, 4) is 0 Å². The molecule has 0 saturated heterocycles. The molecule has 1 aromatic heterocycles. The highest BCUT2D eigenvalue weighted by molar-refractivity contribution is 7.17. The van der Waals surface area contributed by atoms with Gasteiger partial charge < -0.3 is 10.2 Å². The summed E-state index contributed by atoms with van der Waals surface area (Å²) in [6.07, 6.45) is 0. The number of nitrogens with one attached hydrogen (secondary N) is 1. The van der Waals surface area contributed by atoms with Crippen molar-refractivity contribution in [2.75, 3.05) is 25.5 Å². The number of thiophene rings is 1. The van der Waals surface area contributed by atoms with Gasteiger partial charge in [0.1, 0.15) is 0 Å². The number of nitrogens with zero attached hydrogens (tertiary/aromatic N) is 1. The van der Waals surface area contributed by atoms with E-state index in [1.54, 1.807) is 23.3 Å². The third-order valence-corrected chi connectivity index (χ3v) is 3.48. The molecule has 3 nitrogen and oxygen atoms in total. The first kappa shape index (κ1) is 11.1. The van der Waals surface area contributed by atoms with Gasteiger partial charge in [-0.15, -0.1) is 11.3 Å². The molecule has 2 rings (SSSR count). The van der Waals surface area contributed by atoms with Crippen LogP contribution < -0.4 is 10.2 Å². The second-order valence-corrected chi connectivity index (χ2v) is 4.51. The number of carbonyl (C=O) groups excluding carboxylic acids is 1. The molecule has 0 atom stereocenters. The fourth-order valence-corrected chi connectivity index (χ4v) is 2.61. The zero-order valence-electron chi connectivity index (χ0n) is 9.36. The van der Waals surface area contributed by atoms with E-state index < -0.39 is 0 Å². The Hall–Kier alpha value is -1.39. The zero-order valence-corrected chi connectivity index (χ0v) is 10.2. The molecule has 2 aromatic rings. The molecule has 0 spiro atoms. The number of rotatable bonds is 3.